The molecule has 33 heavy (non-hydrogen) atoms. The smallest absolute Gasteiger partial charge is 0.291 e. The fourth-order valence-electron chi connectivity index (χ4n) is 3.67. The number of carbonyl (C=O) groups is 1. The maximum atomic E-state index is 12.1. The van der Waals surface area contributed by atoms with Crippen LogP contribution in [0.5, 0.6) is 0 Å². The molecule has 4 N–H and O–H groups in total. The molecule has 1 radical (unpaired) electrons. The van der Waals surface area contributed by atoms with Gasteiger partial charge in [-0.2, -0.15) is 0 Å². The zero-order valence-corrected chi connectivity index (χ0v) is 19.1. The van der Waals surface area contributed by atoms with E-state index in [0.29, 0.717) is 18.0 Å². The second kappa shape index (κ2) is 11.8. The van der Waals surface area contributed by atoms with E-state index in [0.717, 1.165) is 56.3 Å². The van der Waals surface area contributed by atoms with Crippen LogP contribution in [0.2, 0.25) is 0 Å². The Morgan fingerprint density at radius 3 is 2.64 bits per heavy atom. The highest BCUT2D eigenvalue weighted by molar-refractivity contribution is 7.13. The molecule has 4 rings (SSSR count). The highest BCUT2D eigenvalue weighted by Gasteiger charge is 2.11. The lowest BCUT2D eigenvalue weighted by Crippen LogP contribution is -2.36. The number of carbonyl (C=O) groups excluding carboxylic acids is 1. The van der Waals surface area contributed by atoms with Crippen molar-refractivity contribution in [1.29, 1.82) is 0 Å². The molecule has 1 aliphatic heterocycles. The Labute approximate surface area is 198 Å². The number of hydrogen-bond donors (Lipinski definition) is 4. The first kappa shape index (κ1) is 23.3. The molecule has 1 amide bonds. The Balaban J connectivity index is 1.36. The molecule has 0 spiro atoms. The van der Waals surface area contributed by atoms with Gasteiger partial charge in [-0.1, -0.05) is 6.07 Å². The van der Waals surface area contributed by atoms with Gasteiger partial charge in [0.05, 0.1) is 19.8 Å². The Morgan fingerprint density at radius 2 is 1.91 bits per heavy atom. The van der Waals surface area contributed by atoms with Crippen LogP contribution in [-0.4, -0.2) is 56.2 Å². The van der Waals surface area contributed by atoms with Crippen molar-refractivity contribution >= 4 is 46.9 Å². The normalized spacial score (nSPS) is 13.5. The number of rotatable bonds is 10. The molecule has 2 aromatic carbocycles. The lowest BCUT2D eigenvalue weighted by Gasteiger charge is -2.29. The van der Waals surface area contributed by atoms with Crippen molar-refractivity contribution in [3.8, 4) is 0 Å². The molecule has 0 saturated carbocycles. The fraction of sp³-hybridized carbons (Fsp3) is 0.304. The third kappa shape index (κ3) is 6.78. The Morgan fingerprint density at radius 1 is 1.12 bits per heavy atom. The third-order valence-corrected chi connectivity index (χ3v) is 6.02. The number of thiazole rings is 1. The first-order valence-corrected chi connectivity index (χ1v) is 11.8. The predicted molar refractivity (Wildman–Crippen MR) is 133 cm³/mol. The summed E-state index contributed by atoms with van der Waals surface area (Å²) in [7, 11) is 1.14. The van der Waals surface area contributed by atoms with Crippen LogP contribution >= 0.6 is 11.3 Å². The van der Waals surface area contributed by atoms with Crippen molar-refractivity contribution in [2.75, 3.05) is 48.4 Å². The van der Waals surface area contributed by atoms with Gasteiger partial charge < -0.3 is 30.6 Å². The molecule has 8 nitrogen and oxygen atoms in total. The molecule has 0 atom stereocenters. The second-order valence-corrected chi connectivity index (χ2v) is 8.53. The van der Waals surface area contributed by atoms with E-state index in [4.69, 9.17) is 4.74 Å². The van der Waals surface area contributed by atoms with Gasteiger partial charge in [0.15, 0.2) is 5.13 Å². The number of morpholine rings is 1. The lowest BCUT2D eigenvalue weighted by molar-refractivity contribution is -0.115. The second-order valence-electron chi connectivity index (χ2n) is 7.63. The van der Waals surface area contributed by atoms with Crippen LogP contribution in [0, 0.1) is 0 Å². The Bertz CT molecular complexity index is 1030. The maximum Gasteiger partial charge on any atom is 0.291 e. The minimum Gasteiger partial charge on any atom is -0.454 e. The molecule has 171 valence electrons. The van der Waals surface area contributed by atoms with Gasteiger partial charge in [-0.25, -0.2) is 4.98 Å². The summed E-state index contributed by atoms with van der Waals surface area (Å²) >= 11 is 1.38. The molecule has 10 heteroatoms. The monoisotopic (exact) mass is 464 g/mol. The SMILES string of the molecule is O=C(CNCc1cc(Nc2ccc(N3CCOCC3)cc2)ccc1C[B]O)Nc1nccs1. The van der Waals surface area contributed by atoms with Crippen molar-refractivity contribution in [3.05, 3.63) is 65.2 Å². The third-order valence-electron chi connectivity index (χ3n) is 5.33. The molecule has 1 saturated heterocycles. The van der Waals surface area contributed by atoms with Crippen molar-refractivity contribution in [2.45, 2.75) is 12.9 Å². The van der Waals surface area contributed by atoms with Gasteiger partial charge in [0.2, 0.25) is 5.91 Å². The van der Waals surface area contributed by atoms with Crippen molar-refractivity contribution < 1.29 is 14.6 Å². The van der Waals surface area contributed by atoms with Crippen LogP contribution in [0.25, 0.3) is 0 Å². The van der Waals surface area contributed by atoms with Gasteiger partial charge in [-0.15, -0.1) is 11.3 Å². The molecule has 1 aromatic heterocycles. The first-order valence-electron chi connectivity index (χ1n) is 10.9. The fourth-order valence-corrected chi connectivity index (χ4v) is 4.21. The summed E-state index contributed by atoms with van der Waals surface area (Å²) in [5.74, 6) is -0.144. The molecule has 2 heterocycles. The molecular formula is C23H27BN5O3S. The van der Waals surface area contributed by atoms with Gasteiger partial charge in [-0.05, 0) is 53.8 Å². The highest BCUT2D eigenvalue weighted by Crippen LogP contribution is 2.24. The van der Waals surface area contributed by atoms with Crippen LogP contribution in [0.15, 0.2) is 54.0 Å². The lowest BCUT2D eigenvalue weighted by atomic mass is 9.87. The Hall–Kier alpha value is -2.92. The summed E-state index contributed by atoms with van der Waals surface area (Å²) in [6.45, 7) is 4.02. The standard InChI is InChI=1S/C23H27BN5O3S/c30-22(28-23-26-7-12-33-23)16-25-15-18-13-20(2-1-17(18)14-24-31)27-19-3-5-21(6-4-19)29-8-10-32-11-9-29/h1-7,12-13,25,27,31H,8-11,14-16H2,(H,26,28,30). The summed E-state index contributed by atoms with van der Waals surface area (Å²) < 4.78 is 5.42. The summed E-state index contributed by atoms with van der Waals surface area (Å²) in [4.78, 5) is 18.5. The summed E-state index contributed by atoms with van der Waals surface area (Å²) in [5.41, 5.74) is 5.14. The molecule has 3 aromatic rings. The molecule has 1 aliphatic rings. The average molecular weight is 464 g/mol. The summed E-state index contributed by atoms with van der Waals surface area (Å²) in [6, 6.07) is 14.4. The quantitative estimate of drug-likeness (QED) is 0.343. The Kier molecular flexibility index (Phi) is 8.32. The van der Waals surface area contributed by atoms with Crippen LogP contribution < -0.4 is 20.9 Å². The van der Waals surface area contributed by atoms with Crippen molar-refractivity contribution in [2.24, 2.45) is 0 Å². The van der Waals surface area contributed by atoms with Gasteiger partial charge in [0.1, 0.15) is 0 Å². The number of nitrogens with zero attached hydrogens (tertiary/aromatic N) is 2. The molecule has 1 fully saturated rings. The topological polar surface area (TPSA) is 98.8 Å². The van der Waals surface area contributed by atoms with E-state index < -0.39 is 0 Å². The van der Waals surface area contributed by atoms with Gasteiger partial charge in [0.25, 0.3) is 7.48 Å². The van der Waals surface area contributed by atoms with E-state index in [2.05, 4.69) is 50.1 Å². The zero-order valence-electron chi connectivity index (χ0n) is 18.3. The van der Waals surface area contributed by atoms with Crippen molar-refractivity contribution in [1.82, 2.24) is 10.3 Å². The van der Waals surface area contributed by atoms with Gasteiger partial charge >= 0.3 is 0 Å². The number of anilines is 4. The number of aromatic nitrogens is 1. The number of ether oxygens (including phenoxy) is 1. The van der Waals surface area contributed by atoms with E-state index in [1.54, 1.807) is 6.20 Å². The minimum absolute atomic E-state index is 0.144. The molecule has 0 unspecified atom stereocenters. The van der Waals surface area contributed by atoms with E-state index in [1.165, 1.54) is 17.0 Å². The maximum absolute atomic E-state index is 12.1. The summed E-state index contributed by atoms with van der Waals surface area (Å²) in [5, 5.41) is 21.1. The van der Waals surface area contributed by atoms with E-state index in [9.17, 15) is 9.82 Å². The van der Waals surface area contributed by atoms with Crippen LogP contribution in [0.4, 0.5) is 22.2 Å². The summed E-state index contributed by atoms with van der Waals surface area (Å²) in [6.07, 6.45) is 2.09. The first-order chi connectivity index (χ1) is 16.2. The number of hydrogen-bond acceptors (Lipinski definition) is 8. The van der Waals surface area contributed by atoms with Crippen LogP contribution in [0.1, 0.15) is 11.1 Å². The highest BCUT2D eigenvalue weighted by atomic mass is 32.1. The van der Waals surface area contributed by atoms with Gasteiger partial charge in [-0.3, -0.25) is 4.79 Å². The number of benzene rings is 2. The molecule has 0 aliphatic carbocycles. The molecular weight excluding hydrogens is 437 g/mol. The van der Waals surface area contributed by atoms with Crippen LogP contribution in [-0.2, 0) is 22.4 Å². The van der Waals surface area contributed by atoms with E-state index in [1.807, 2.05) is 23.6 Å². The van der Waals surface area contributed by atoms with Gasteiger partial charge in [0, 0.05) is 48.3 Å². The zero-order chi connectivity index (χ0) is 22.9. The number of nitrogens with one attached hydrogen (secondary N) is 3. The van der Waals surface area contributed by atoms with Crippen LogP contribution in [0.3, 0.4) is 0 Å². The largest absolute Gasteiger partial charge is 0.454 e. The minimum atomic E-state index is -0.144. The van der Waals surface area contributed by atoms with Crippen molar-refractivity contribution in [3.63, 3.8) is 0 Å². The number of amides is 1. The average Bonchev–Trinajstić information content (AvgIpc) is 3.35. The van der Waals surface area contributed by atoms with E-state index >= 15 is 0 Å². The molecule has 0 bridgehead atoms. The van der Waals surface area contributed by atoms with E-state index in [-0.39, 0.29) is 12.5 Å². The predicted octanol–water partition coefficient (Wildman–Crippen LogP) is 2.56.